The van der Waals surface area contributed by atoms with Crippen molar-refractivity contribution in [2.24, 2.45) is 0 Å². The summed E-state index contributed by atoms with van der Waals surface area (Å²) >= 11 is 5.45. The van der Waals surface area contributed by atoms with Gasteiger partial charge in [0, 0.05) is 24.3 Å². The third kappa shape index (κ3) is 4.69. The van der Waals surface area contributed by atoms with Crippen molar-refractivity contribution in [2.75, 3.05) is 18.0 Å². The van der Waals surface area contributed by atoms with Gasteiger partial charge in [0.1, 0.15) is 0 Å². The molecule has 0 aliphatic heterocycles. The molecular weight excluding hydrogens is 246 g/mol. The summed E-state index contributed by atoms with van der Waals surface area (Å²) in [6, 6.07) is 7.58. The van der Waals surface area contributed by atoms with E-state index in [-0.39, 0.29) is 0 Å². The minimum absolute atomic E-state index is 0.393. The van der Waals surface area contributed by atoms with Crippen LogP contribution in [0.5, 0.6) is 0 Å². The molecule has 100 valence electrons. The number of carbonyl (C=O) groups is 1. The number of carbonyl (C=O) groups excluding carboxylic acids is 1. The highest BCUT2D eigenvalue weighted by atomic mass is 35.5. The molecule has 0 unspecified atom stereocenters. The Morgan fingerprint density at radius 2 is 1.56 bits per heavy atom. The van der Waals surface area contributed by atoms with Crippen LogP contribution in [0.1, 0.15) is 49.9 Å². The zero-order valence-corrected chi connectivity index (χ0v) is 12.0. The van der Waals surface area contributed by atoms with Gasteiger partial charge < -0.3 is 4.90 Å². The standard InChI is InChI=1S/C15H22ClNO/c1-3-5-11-17(12-6-4-2)14-9-7-13(8-10-14)15(16)18/h7-10H,3-6,11-12H2,1-2H3. The van der Waals surface area contributed by atoms with E-state index in [9.17, 15) is 4.79 Å². The molecular formula is C15H22ClNO. The summed E-state index contributed by atoms with van der Waals surface area (Å²) < 4.78 is 0. The van der Waals surface area contributed by atoms with Gasteiger partial charge in [-0.05, 0) is 48.7 Å². The van der Waals surface area contributed by atoms with Gasteiger partial charge in [0.2, 0.25) is 0 Å². The molecule has 3 heteroatoms. The molecule has 0 fully saturated rings. The summed E-state index contributed by atoms with van der Waals surface area (Å²) in [5.74, 6) is 0. The first-order chi connectivity index (χ1) is 8.69. The van der Waals surface area contributed by atoms with Crippen molar-refractivity contribution in [1.82, 2.24) is 0 Å². The molecule has 0 aliphatic rings. The van der Waals surface area contributed by atoms with E-state index < -0.39 is 5.24 Å². The van der Waals surface area contributed by atoms with Gasteiger partial charge >= 0.3 is 0 Å². The van der Waals surface area contributed by atoms with E-state index in [4.69, 9.17) is 11.6 Å². The second-order valence-corrected chi connectivity index (χ2v) is 4.86. The Bertz CT molecular complexity index is 353. The van der Waals surface area contributed by atoms with E-state index in [2.05, 4.69) is 18.7 Å². The van der Waals surface area contributed by atoms with Gasteiger partial charge in [-0.3, -0.25) is 4.79 Å². The molecule has 0 bridgehead atoms. The molecule has 2 nitrogen and oxygen atoms in total. The fraction of sp³-hybridized carbons (Fsp3) is 0.533. The first-order valence-corrected chi connectivity index (χ1v) is 7.11. The van der Waals surface area contributed by atoms with Crippen molar-refractivity contribution in [3.05, 3.63) is 29.8 Å². The molecule has 0 heterocycles. The lowest BCUT2D eigenvalue weighted by molar-refractivity contribution is 0.108. The number of anilines is 1. The predicted octanol–water partition coefficient (Wildman–Crippen LogP) is 4.47. The highest BCUT2D eigenvalue weighted by molar-refractivity contribution is 6.67. The number of benzene rings is 1. The van der Waals surface area contributed by atoms with E-state index >= 15 is 0 Å². The second kappa shape index (κ2) is 8.15. The minimum Gasteiger partial charge on any atom is -0.372 e. The number of unbranched alkanes of at least 4 members (excludes halogenated alkanes) is 2. The van der Waals surface area contributed by atoms with E-state index in [0.717, 1.165) is 13.1 Å². The van der Waals surface area contributed by atoms with E-state index in [1.165, 1.54) is 31.4 Å². The first-order valence-electron chi connectivity index (χ1n) is 6.73. The molecule has 18 heavy (non-hydrogen) atoms. The van der Waals surface area contributed by atoms with Crippen molar-refractivity contribution in [3.63, 3.8) is 0 Å². The highest BCUT2D eigenvalue weighted by Crippen LogP contribution is 2.17. The fourth-order valence-corrected chi connectivity index (χ4v) is 2.00. The smallest absolute Gasteiger partial charge is 0.252 e. The van der Waals surface area contributed by atoms with Crippen LogP contribution in [0, 0.1) is 0 Å². The van der Waals surface area contributed by atoms with Crippen LogP contribution in [0.4, 0.5) is 5.69 Å². The largest absolute Gasteiger partial charge is 0.372 e. The maximum atomic E-state index is 11.0. The van der Waals surface area contributed by atoms with Crippen LogP contribution in [0.25, 0.3) is 0 Å². The summed E-state index contributed by atoms with van der Waals surface area (Å²) in [6.07, 6.45) is 4.78. The zero-order valence-electron chi connectivity index (χ0n) is 11.3. The second-order valence-electron chi connectivity index (χ2n) is 4.51. The lowest BCUT2D eigenvalue weighted by Crippen LogP contribution is -2.25. The molecule has 1 aromatic carbocycles. The average molecular weight is 268 g/mol. The summed E-state index contributed by atoms with van der Waals surface area (Å²) in [4.78, 5) is 13.4. The summed E-state index contributed by atoms with van der Waals surface area (Å²) in [5.41, 5.74) is 1.74. The molecule has 0 N–H and O–H groups in total. The molecule has 1 rings (SSSR count). The van der Waals surface area contributed by atoms with Gasteiger partial charge in [0.25, 0.3) is 5.24 Å². The molecule has 0 saturated carbocycles. The third-order valence-electron chi connectivity index (χ3n) is 3.02. The van der Waals surface area contributed by atoms with Crippen LogP contribution in [0.15, 0.2) is 24.3 Å². The molecule has 0 radical (unpaired) electrons. The predicted molar refractivity (Wildman–Crippen MR) is 78.7 cm³/mol. The Labute approximate surface area is 115 Å². The van der Waals surface area contributed by atoms with Gasteiger partial charge in [0.15, 0.2) is 0 Å². The van der Waals surface area contributed by atoms with E-state index in [1.54, 1.807) is 12.1 Å². The van der Waals surface area contributed by atoms with Gasteiger partial charge in [-0.15, -0.1) is 0 Å². The van der Waals surface area contributed by atoms with Gasteiger partial charge in [0.05, 0.1) is 0 Å². The van der Waals surface area contributed by atoms with E-state index in [1.807, 2.05) is 12.1 Å². The topological polar surface area (TPSA) is 20.3 Å². The lowest BCUT2D eigenvalue weighted by atomic mass is 10.2. The van der Waals surface area contributed by atoms with Crippen molar-refractivity contribution in [1.29, 1.82) is 0 Å². The highest BCUT2D eigenvalue weighted by Gasteiger charge is 2.07. The SMILES string of the molecule is CCCCN(CCCC)c1ccc(C(=O)Cl)cc1. The monoisotopic (exact) mass is 267 g/mol. The molecule has 0 spiro atoms. The van der Waals surface area contributed by atoms with Gasteiger partial charge in [-0.2, -0.15) is 0 Å². The molecule has 0 amide bonds. The number of rotatable bonds is 8. The van der Waals surface area contributed by atoms with Gasteiger partial charge in [-0.1, -0.05) is 26.7 Å². The number of hydrogen-bond donors (Lipinski definition) is 0. The average Bonchev–Trinajstić information content (AvgIpc) is 2.39. The Hall–Kier alpha value is -1.02. The van der Waals surface area contributed by atoms with Crippen molar-refractivity contribution in [2.45, 2.75) is 39.5 Å². The van der Waals surface area contributed by atoms with Crippen LogP contribution in [-0.2, 0) is 0 Å². The molecule has 0 aliphatic carbocycles. The fourth-order valence-electron chi connectivity index (χ4n) is 1.87. The molecule has 1 aromatic rings. The van der Waals surface area contributed by atoms with Crippen LogP contribution in [0.2, 0.25) is 0 Å². The van der Waals surface area contributed by atoms with Crippen LogP contribution in [-0.4, -0.2) is 18.3 Å². The van der Waals surface area contributed by atoms with Crippen molar-refractivity contribution in [3.8, 4) is 0 Å². The first kappa shape index (κ1) is 15.0. The van der Waals surface area contributed by atoms with Crippen LogP contribution in [0.3, 0.4) is 0 Å². The van der Waals surface area contributed by atoms with Crippen LogP contribution < -0.4 is 4.90 Å². The van der Waals surface area contributed by atoms with E-state index in [0.29, 0.717) is 5.56 Å². The van der Waals surface area contributed by atoms with Crippen LogP contribution >= 0.6 is 11.6 Å². The molecule has 0 atom stereocenters. The summed E-state index contributed by atoms with van der Waals surface area (Å²) in [7, 11) is 0. The maximum Gasteiger partial charge on any atom is 0.252 e. The Balaban J connectivity index is 2.73. The number of nitrogens with zero attached hydrogens (tertiary/aromatic N) is 1. The Morgan fingerprint density at radius 1 is 1.06 bits per heavy atom. The minimum atomic E-state index is -0.393. The molecule has 0 saturated heterocycles. The quantitative estimate of drug-likeness (QED) is 0.648. The maximum absolute atomic E-state index is 11.0. The molecule has 0 aromatic heterocycles. The third-order valence-corrected chi connectivity index (χ3v) is 3.24. The normalized spacial score (nSPS) is 10.4. The number of halogens is 1. The van der Waals surface area contributed by atoms with Gasteiger partial charge in [-0.25, -0.2) is 0 Å². The zero-order chi connectivity index (χ0) is 13.4. The lowest BCUT2D eigenvalue weighted by Gasteiger charge is -2.24. The Morgan fingerprint density at radius 3 is 1.94 bits per heavy atom. The Kier molecular flexibility index (Phi) is 6.81. The summed E-state index contributed by atoms with van der Waals surface area (Å²) in [5, 5.41) is -0.393. The summed E-state index contributed by atoms with van der Waals surface area (Å²) in [6.45, 7) is 6.55. The van der Waals surface area contributed by atoms with Crippen molar-refractivity contribution >= 4 is 22.5 Å². The van der Waals surface area contributed by atoms with Crippen molar-refractivity contribution < 1.29 is 4.79 Å². The number of hydrogen-bond acceptors (Lipinski definition) is 2.